The number of benzene rings is 2. The first kappa shape index (κ1) is 15.4. The number of rotatable bonds is 7. The number of anilines is 1. The molecule has 0 heterocycles. The van der Waals surface area contributed by atoms with Crippen molar-refractivity contribution in [2.24, 2.45) is 0 Å². The van der Waals surface area contributed by atoms with Crippen molar-refractivity contribution < 1.29 is 4.74 Å². The zero-order chi connectivity index (χ0) is 15.1. The molecule has 0 spiro atoms. The molecule has 3 heteroatoms. The lowest BCUT2D eigenvalue weighted by atomic mass is 10.1. The van der Waals surface area contributed by atoms with Crippen LogP contribution in [-0.4, -0.2) is 18.6 Å². The molecule has 0 aliphatic carbocycles. The van der Waals surface area contributed by atoms with E-state index in [-0.39, 0.29) is 0 Å². The van der Waals surface area contributed by atoms with Crippen LogP contribution in [0.4, 0.5) is 5.69 Å². The number of methoxy groups -OCH3 is 1. The highest BCUT2D eigenvalue weighted by Crippen LogP contribution is 2.20. The van der Waals surface area contributed by atoms with Crippen molar-refractivity contribution in [3.8, 4) is 5.75 Å². The van der Waals surface area contributed by atoms with Crippen molar-refractivity contribution in [2.45, 2.75) is 26.4 Å². The molecule has 0 radical (unpaired) electrons. The zero-order valence-electron chi connectivity index (χ0n) is 12.9. The lowest BCUT2D eigenvalue weighted by Crippen LogP contribution is -2.23. The van der Waals surface area contributed by atoms with Gasteiger partial charge < -0.3 is 10.5 Å². The zero-order valence-corrected chi connectivity index (χ0v) is 12.9. The Morgan fingerprint density at radius 1 is 1.00 bits per heavy atom. The fourth-order valence-corrected chi connectivity index (χ4v) is 2.49. The van der Waals surface area contributed by atoms with E-state index in [1.54, 1.807) is 7.11 Å². The second-order valence-electron chi connectivity index (χ2n) is 5.26. The van der Waals surface area contributed by atoms with Gasteiger partial charge in [0.1, 0.15) is 5.75 Å². The number of para-hydroxylation sites is 1. The van der Waals surface area contributed by atoms with Crippen molar-refractivity contribution in [1.82, 2.24) is 4.90 Å². The second-order valence-corrected chi connectivity index (χ2v) is 5.26. The van der Waals surface area contributed by atoms with E-state index in [4.69, 9.17) is 10.5 Å². The number of nitrogen functional groups attached to an aromatic ring is 1. The van der Waals surface area contributed by atoms with Gasteiger partial charge >= 0.3 is 0 Å². The van der Waals surface area contributed by atoms with E-state index in [2.05, 4.69) is 36.1 Å². The van der Waals surface area contributed by atoms with E-state index < -0.39 is 0 Å². The van der Waals surface area contributed by atoms with Crippen LogP contribution in [0.15, 0.2) is 48.5 Å². The minimum Gasteiger partial charge on any atom is -0.496 e. The van der Waals surface area contributed by atoms with Crippen LogP contribution in [0.1, 0.15) is 24.5 Å². The first-order chi connectivity index (χ1) is 10.2. The topological polar surface area (TPSA) is 38.5 Å². The molecular weight excluding hydrogens is 260 g/mol. The summed E-state index contributed by atoms with van der Waals surface area (Å²) in [6.07, 6.45) is 1.13. The van der Waals surface area contributed by atoms with Gasteiger partial charge in [-0.15, -0.1) is 0 Å². The monoisotopic (exact) mass is 284 g/mol. The van der Waals surface area contributed by atoms with Crippen LogP contribution in [0.3, 0.4) is 0 Å². The third-order valence-electron chi connectivity index (χ3n) is 3.51. The van der Waals surface area contributed by atoms with Crippen LogP contribution in [0.5, 0.6) is 5.75 Å². The lowest BCUT2D eigenvalue weighted by molar-refractivity contribution is 0.253. The normalized spacial score (nSPS) is 10.8. The molecule has 3 nitrogen and oxygen atoms in total. The Labute approximate surface area is 127 Å². The molecule has 0 fully saturated rings. The molecule has 0 aliphatic rings. The predicted octanol–water partition coefficient (Wildman–Crippen LogP) is 3.69. The first-order valence-electron chi connectivity index (χ1n) is 7.41. The van der Waals surface area contributed by atoms with Gasteiger partial charge in [0.15, 0.2) is 0 Å². The summed E-state index contributed by atoms with van der Waals surface area (Å²) in [5.74, 6) is 0.955. The van der Waals surface area contributed by atoms with Gasteiger partial charge in [0, 0.05) is 24.3 Å². The SMILES string of the molecule is CCCN(Cc1ccc(N)cc1)Cc1ccccc1OC. The Kier molecular flexibility index (Phi) is 5.64. The van der Waals surface area contributed by atoms with Gasteiger partial charge in [0.05, 0.1) is 7.11 Å². The van der Waals surface area contributed by atoms with E-state index in [1.165, 1.54) is 11.1 Å². The average molecular weight is 284 g/mol. The Morgan fingerprint density at radius 2 is 1.71 bits per heavy atom. The van der Waals surface area contributed by atoms with E-state index in [0.717, 1.165) is 37.5 Å². The molecule has 0 aliphatic heterocycles. The van der Waals surface area contributed by atoms with Gasteiger partial charge in [0.2, 0.25) is 0 Å². The molecule has 21 heavy (non-hydrogen) atoms. The highest BCUT2D eigenvalue weighted by atomic mass is 16.5. The minimum absolute atomic E-state index is 0.811. The van der Waals surface area contributed by atoms with Crippen molar-refractivity contribution in [3.63, 3.8) is 0 Å². The van der Waals surface area contributed by atoms with Crippen LogP contribution >= 0.6 is 0 Å². The summed E-state index contributed by atoms with van der Waals surface area (Å²) in [5.41, 5.74) is 9.07. The van der Waals surface area contributed by atoms with Crippen molar-refractivity contribution in [1.29, 1.82) is 0 Å². The third-order valence-corrected chi connectivity index (χ3v) is 3.51. The molecular formula is C18H24N2O. The summed E-state index contributed by atoms with van der Waals surface area (Å²) in [6, 6.07) is 16.3. The Balaban J connectivity index is 2.09. The van der Waals surface area contributed by atoms with Gasteiger partial charge in [-0.25, -0.2) is 0 Å². The molecule has 0 amide bonds. The number of ether oxygens (including phenoxy) is 1. The van der Waals surface area contributed by atoms with Crippen molar-refractivity contribution in [2.75, 3.05) is 19.4 Å². The smallest absolute Gasteiger partial charge is 0.123 e. The standard InChI is InChI=1S/C18H24N2O/c1-3-12-20(13-15-8-10-17(19)11-9-15)14-16-6-4-5-7-18(16)21-2/h4-11H,3,12-14,19H2,1-2H3. The molecule has 0 aromatic heterocycles. The number of nitrogens with zero attached hydrogens (tertiary/aromatic N) is 1. The molecule has 0 saturated heterocycles. The van der Waals surface area contributed by atoms with Gasteiger partial charge in [-0.3, -0.25) is 4.90 Å². The predicted molar refractivity (Wildman–Crippen MR) is 88.3 cm³/mol. The summed E-state index contributed by atoms with van der Waals surface area (Å²) < 4.78 is 5.45. The fraction of sp³-hybridized carbons (Fsp3) is 0.333. The average Bonchev–Trinajstić information content (AvgIpc) is 2.50. The second kappa shape index (κ2) is 7.70. The minimum atomic E-state index is 0.811. The lowest BCUT2D eigenvalue weighted by Gasteiger charge is -2.23. The summed E-state index contributed by atoms with van der Waals surface area (Å²) in [6.45, 7) is 5.08. The Hall–Kier alpha value is -2.00. The maximum Gasteiger partial charge on any atom is 0.123 e. The van der Waals surface area contributed by atoms with E-state index in [1.807, 2.05) is 24.3 Å². The first-order valence-corrected chi connectivity index (χ1v) is 7.41. The van der Waals surface area contributed by atoms with Gasteiger partial charge in [-0.1, -0.05) is 37.3 Å². The van der Waals surface area contributed by atoms with Crippen molar-refractivity contribution in [3.05, 3.63) is 59.7 Å². The number of hydrogen-bond acceptors (Lipinski definition) is 3. The van der Waals surface area contributed by atoms with Crippen LogP contribution in [-0.2, 0) is 13.1 Å². The van der Waals surface area contributed by atoms with Crippen LogP contribution in [0, 0.1) is 0 Å². The maximum atomic E-state index is 5.75. The molecule has 2 aromatic carbocycles. The van der Waals surface area contributed by atoms with Crippen LogP contribution in [0.2, 0.25) is 0 Å². The van der Waals surface area contributed by atoms with E-state index in [0.29, 0.717) is 0 Å². The fourth-order valence-electron chi connectivity index (χ4n) is 2.49. The third kappa shape index (κ3) is 4.50. The van der Waals surface area contributed by atoms with Crippen LogP contribution < -0.4 is 10.5 Å². The molecule has 0 bridgehead atoms. The highest BCUT2D eigenvalue weighted by molar-refractivity contribution is 5.39. The maximum absolute atomic E-state index is 5.75. The molecule has 2 N–H and O–H groups in total. The largest absolute Gasteiger partial charge is 0.496 e. The van der Waals surface area contributed by atoms with Gasteiger partial charge in [0.25, 0.3) is 0 Å². The molecule has 0 atom stereocenters. The van der Waals surface area contributed by atoms with E-state index in [9.17, 15) is 0 Å². The van der Waals surface area contributed by atoms with E-state index >= 15 is 0 Å². The molecule has 2 rings (SSSR count). The summed E-state index contributed by atoms with van der Waals surface area (Å²) in [7, 11) is 1.73. The van der Waals surface area contributed by atoms with Gasteiger partial charge in [-0.2, -0.15) is 0 Å². The molecule has 0 unspecified atom stereocenters. The Bertz CT molecular complexity index is 551. The Morgan fingerprint density at radius 3 is 2.38 bits per heavy atom. The summed E-state index contributed by atoms with van der Waals surface area (Å²) in [5, 5.41) is 0. The molecule has 0 saturated carbocycles. The van der Waals surface area contributed by atoms with Gasteiger partial charge in [-0.05, 0) is 36.7 Å². The number of hydrogen-bond donors (Lipinski definition) is 1. The highest BCUT2D eigenvalue weighted by Gasteiger charge is 2.09. The van der Waals surface area contributed by atoms with Crippen LogP contribution in [0.25, 0.3) is 0 Å². The quantitative estimate of drug-likeness (QED) is 0.788. The summed E-state index contributed by atoms with van der Waals surface area (Å²) in [4.78, 5) is 2.43. The molecule has 112 valence electrons. The molecule has 2 aromatic rings. The van der Waals surface area contributed by atoms with Crippen molar-refractivity contribution >= 4 is 5.69 Å². The summed E-state index contributed by atoms with van der Waals surface area (Å²) >= 11 is 0. The number of nitrogens with two attached hydrogens (primary N) is 1.